The lowest BCUT2D eigenvalue weighted by atomic mass is 9.96. The molecule has 7 nitrogen and oxygen atoms in total. The van der Waals surface area contributed by atoms with E-state index in [1.54, 1.807) is 18.2 Å². The van der Waals surface area contributed by atoms with Crippen LogP contribution >= 0.6 is 11.6 Å². The number of phenols is 1. The highest BCUT2D eigenvalue weighted by Gasteiger charge is 2.34. The molecule has 0 radical (unpaired) electrons. The second-order valence-electron chi connectivity index (χ2n) is 11.5. The fraction of sp³-hybridized carbons (Fsp3) is 0.419. The summed E-state index contributed by atoms with van der Waals surface area (Å²) in [4.78, 5) is 14.0. The molecule has 3 saturated heterocycles. The van der Waals surface area contributed by atoms with Crippen LogP contribution in [-0.4, -0.2) is 71.4 Å². The molecule has 7 rings (SSSR count). The molecular weight excluding hydrogens is 529 g/mol. The van der Waals surface area contributed by atoms with Gasteiger partial charge in [0.2, 0.25) is 0 Å². The van der Waals surface area contributed by atoms with Crippen LogP contribution in [-0.2, 0) is 0 Å². The van der Waals surface area contributed by atoms with Crippen molar-refractivity contribution in [2.45, 2.75) is 50.2 Å². The van der Waals surface area contributed by atoms with Gasteiger partial charge in [0, 0.05) is 42.2 Å². The molecule has 9 heteroatoms. The van der Waals surface area contributed by atoms with Gasteiger partial charge < -0.3 is 25.0 Å². The van der Waals surface area contributed by atoms with E-state index in [-0.39, 0.29) is 33.9 Å². The highest BCUT2D eigenvalue weighted by atomic mass is 35.5. The number of aromatic hydroxyl groups is 1. The highest BCUT2D eigenvalue weighted by molar-refractivity contribution is 6.35. The van der Waals surface area contributed by atoms with Gasteiger partial charge in [0.1, 0.15) is 23.7 Å². The Balaban J connectivity index is 1.37. The summed E-state index contributed by atoms with van der Waals surface area (Å²) in [5, 5.41) is 16.5. The Kier molecular flexibility index (Phi) is 6.65. The van der Waals surface area contributed by atoms with Crippen molar-refractivity contribution in [1.29, 1.82) is 0 Å². The van der Waals surface area contributed by atoms with Crippen molar-refractivity contribution in [3.05, 3.63) is 53.3 Å². The van der Waals surface area contributed by atoms with E-state index in [2.05, 4.69) is 27.1 Å². The molecule has 2 bridgehead atoms. The van der Waals surface area contributed by atoms with Crippen LogP contribution in [0.25, 0.3) is 32.8 Å². The molecule has 3 aromatic carbocycles. The number of nitrogens with zero attached hydrogens (tertiary/aromatic N) is 4. The van der Waals surface area contributed by atoms with Gasteiger partial charge in [-0.25, -0.2) is 4.39 Å². The molecule has 208 valence electrons. The predicted octanol–water partition coefficient (Wildman–Crippen LogP) is 5.75. The van der Waals surface area contributed by atoms with E-state index in [4.69, 9.17) is 21.3 Å². The molecule has 1 aromatic heterocycles. The van der Waals surface area contributed by atoms with E-state index >= 15 is 4.39 Å². The number of nitrogens with one attached hydrogen (secondary N) is 1. The summed E-state index contributed by atoms with van der Waals surface area (Å²) < 4.78 is 22.9. The minimum Gasteiger partial charge on any atom is -0.508 e. The number of benzene rings is 3. The Morgan fingerprint density at radius 1 is 1.05 bits per heavy atom. The molecule has 0 amide bonds. The number of fused-ring (bicyclic) bond motifs is 4. The molecule has 2 N–H and O–H groups in total. The predicted molar refractivity (Wildman–Crippen MR) is 157 cm³/mol. The first-order chi connectivity index (χ1) is 19.4. The quantitative estimate of drug-likeness (QED) is 0.321. The molecule has 3 atom stereocenters. The molecule has 4 aromatic rings. The summed E-state index contributed by atoms with van der Waals surface area (Å²) in [7, 11) is 2.11. The number of hydrogen-bond donors (Lipinski definition) is 2. The zero-order valence-electron chi connectivity index (χ0n) is 22.5. The first kappa shape index (κ1) is 25.7. The fourth-order valence-corrected chi connectivity index (χ4v) is 7.00. The molecule has 3 fully saturated rings. The van der Waals surface area contributed by atoms with E-state index in [1.807, 2.05) is 24.3 Å². The van der Waals surface area contributed by atoms with Crippen molar-refractivity contribution in [1.82, 2.24) is 20.2 Å². The Morgan fingerprint density at radius 3 is 2.65 bits per heavy atom. The molecule has 0 spiro atoms. The van der Waals surface area contributed by atoms with Crippen LogP contribution in [0.4, 0.5) is 10.2 Å². The second-order valence-corrected chi connectivity index (χ2v) is 11.9. The Labute approximate surface area is 237 Å². The molecule has 4 heterocycles. The van der Waals surface area contributed by atoms with Crippen LogP contribution in [0, 0.1) is 5.82 Å². The van der Waals surface area contributed by atoms with Gasteiger partial charge in [-0.3, -0.25) is 0 Å². The number of hydrogen-bond acceptors (Lipinski definition) is 7. The summed E-state index contributed by atoms with van der Waals surface area (Å²) in [5.74, 6) is 0.160. The third-order valence-electron chi connectivity index (χ3n) is 8.80. The number of likely N-dealkylation sites (N-methyl/N-ethyl adjacent to an activating group) is 1. The van der Waals surface area contributed by atoms with E-state index < -0.39 is 5.82 Å². The molecule has 40 heavy (non-hydrogen) atoms. The van der Waals surface area contributed by atoms with Crippen molar-refractivity contribution in [2.24, 2.45) is 0 Å². The number of phenolic OH excluding ortho intramolecular Hbond substituents is 1. The average molecular weight is 562 g/mol. The summed E-state index contributed by atoms with van der Waals surface area (Å²) >= 11 is 6.85. The smallest absolute Gasteiger partial charge is 0.319 e. The van der Waals surface area contributed by atoms with E-state index in [0.717, 1.165) is 49.7 Å². The average Bonchev–Trinajstić information content (AvgIpc) is 3.29. The van der Waals surface area contributed by atoms with Crippen molar-refractivity contribution in [3.8, 4) is 22.9 Å². The maximum atomic E-state index is 16.7. The van der Waals surface area contributed by atoms with Gasteiger partial charge in [-0.1, -0.05) is 42.3 Å². The van der Waals surface area contributed by atoms with Crippen molar-refractivity contribution < 1.29 is 14.2 Å². The molecule has 3 aliphatic heterocycles. The lowest BCUT2D eigenvalue weighted by Crippen LogP contribution is -2.51. The lowest BCUT2D eigenvalue weighted by Gasteiger charge is -2.34. The summed E-state index contributed by atoms with van der Waals surface area (Å²) in [6.07, 6.45) is 5.64. The first-order valence-electron chi connectivity index (χ1n) is 14.2. The number of rotatable bonds is 5. The third kappa shape index (κ3) is 4.62. The lowest BCUT2D eigenvalue weighted by molar-refractivity contribution is 0.120. The number of aromatic nitrogens is 2. The Morgan fingerprint density at radius 2 is 1.85 bits per heavy atom. The van der Waals surface area contributed by atoms with Gasteiger partial charge >= 0.3 is 6.01 Å². The van der Waals surface area contributed by atoms with Gasteiger partial charge in [0.25, 0.3) is 0 Å². The third-order valence-corrected chi connectivity index (χ3v) is 9.10. The topological polar surface area (TPSA) is 73.8 Å². The maximum Gasteiger partial charge on any atom is 0.319 e. The van der Waals surface area contributed by atoms with Crippen LogP contribution in [0.2, 0.25) is 5.02 Å². The van der Waals surface area contributed by atoms with Crippen LogP contribution in [0.5, 0.6) is 11.8 Å². The van der Waals surface area contributed by atoms with Gasteiger partial charge in [-0.2, -0.15) is 9.97 Å². The van der Waals surface area contributed by atoms with Gasteiger partial charge in [-0.15, -0.1) is 0 Å². The second kappa shape index (κ2) is 10.3. The van der Waals surface area contributed by atoms with Crippen LogP contribution in [0.1, 0.15) is 32.1 Å². The summed E-state index contributed by atoms with van der Waals surface area (Å²) in [6, 6.07) is 13.8. The van der Waals surface area contributed by atoms with Crippen LogP contribution < -0.4 is 15.0 Å². The number of ether oxygens (including phenoxy) is 1. The monoisotopic (exact) mass is 561 g/mol. The van der Waals surface area contributed by atoms with Gasteiger partial charge in [0.05, 0.1) is 5.02 Å². The standard InChI is InChI=1S/C31H33ClFN5O2/c1-37-11-5-4-7-21(37)17-40-31-35-29-25(30(36-31)38-15-19-9-10-20(16-38)34-19)14-26(32)27(28(29)33)24-13-22(39)12-18-6-2-3-8-23(18)24/h2-3,6,8,12-14,19-21,34,39H,4-5,7,9-11,15-17H2,1H3/t19?,20?,21-/m0/s1. The SMILES string of the molecule is CN1CCCC[C@H]1COc1nc(N2CC3CCC(C2)N3)c2cc(Cl)c(-c3cc(O)cc4ccccc34)c(F)c2n1. The summed E-state index contributed by atoms with van der Waals surface area (Å²) in [6.45, 7) is 3.06. The zero-order valence-corrected chi connectivity index (χ0v) is 23.3. The number of piperazine rings is 1. The molecule has 0 saturated carbocycles. The van der Waals surface area contributed by atoms with Gasteiger partial charge in [0.15, 0.2) is 5.82 Å². The molecule has 0 aliphatic carbocycles. The Hall–Kier alpha value is -3.20. The first-order valence-corrected chi connectivity index (χ1v) is 14.6. The normalized spacial score (nSPS) is 23.3. The minimum atomic E-state index is -0.542. The zero-order chi connectivity index (χ0) is 27.4. The van der Waals surface area contributed by atoms with Crippen molar-refractivity contribution in [2.75, 3.05) is 38.2 Å². The van der Waals surface area contributed by atoms with Crippen molar-refractivity contribution >= 4 is 39.1 Å². The highest BCUT2D eigenvalue weighted by Crippen LogP contribution is 2.43. The number of likely N-dealkylation sites (tertiary alicyclic amines) is 1. The minimum absolute atomic E-state index is 0.0459. The molecule has 2 unspecified atom stereocenters. The fourth-order valence-electron chi connectivity index (χ4n) is 6.71. The largest absolute Gasteiger partial charge is 0.508 e. The Bertz CT molecular complexity index is 1590. The molecular formula is C31H33ClFN5O2. The summed E-state index contributed by atoms with van der Waals surface area (Å²) in [5.41, 5.74) is 0.908. The van der Waals surface area contributed by atoms with E-state index in [0.29, 0.717) is 35.5 Å². The van der Waals surface area contributed by atoms with Crippen LogP contribution in [0.15, 0.2) is 42.5 Å². The van der Waals surface area contributed by atoms with Crippen molar-refractivity contribution in [3.63, 3.8) is 0 Å². The number of halogens is 2. The van der Waals surface area contributed by atoms with E-state index in [1.165, 1.54) is 12.8 Å². The number of piperidine rings is 1. The van der Waals surface area contributed by atoms with Crippen LogP contribution in [0.3, 0.4) is 0 Å². The number of anilines is 1. The maximum absolute atomic E-state index is 16.7. The van der Waals surface area contributed by atoms with Gasteiger partial charge in [-0.05, 0) is 73.8 Å². The van der Waals surface area contributed by atoms with E-state index in [9.17, 15) is 5.11 Å². The molecule has 3 aliphatic rings.